The molecular formula is C84H53NS2. The predicted octanol–water partition coefficient (Wildman–Crippen LogP) is 24.7. The van der Waals surface area contributed by atoms with E-state index in [1.165, 1.54) is 162 Å². The summed E-state index contributed by atoms with van der Waals surface area (Å²) in [6.45, 7) is 0. The van der Waals surface area contributed by atoms with Crippen molar-refractivity contribution >= 4 is 84.8 Å². The number of fused-ring (bicyclic) bond motifs is 9. The molecule has 0 saturated carbocycles. The molecule has 0 spiro atoms. The van der Waals surface area contributed by atoms with E-state index < -0.39 is 0 Å². The van der Waals surface area contributed by atoms with Crippen molar-refractivity contribution in [1.82, 2.24) is 4.98 Å². The van der Waals surface area contributed by atoms with Crippen molar-refractivity contribution in [2.45, 2.75) is 0 Å². The Balaban J connectivity index is 0.859. The Morgan fingerprint density at radius 1 is 0.172 bits per heavy atom. The van der Waals surface area contributed by atoms with E-state index in [-0.39, 0.29) is 0 Å². The molecule has 17 rings (SSSR count). The van der Waals surface area contributed by atoms with Gasteiger partial charge in [-0.1, -0.05) is 243 Å². The quantitative estimate of drug-likeness (QED) is 0.140. The summed E-state index contributed by atoms with van der Waals surface area (Å²) in [4.78, 5) is 3.86. The average Bonchev–Trinajstić information content (AvgIpc) is 2.07. The fourth-order valence-electron chi connectivity index (χ4n) is 13.5. The summed E-state index contributed by atoms with van der Waals surface area (Å²) < 4.78 is 5.11. The van der Waals surface area contributed by atoms with Crippen molar-refractivity contribution in [2.75, 3.05) is 0 Å². The van der Waals surface area contributed by atoms with Crippen LogP contribution >= 0.6 is 22.7 Å². The minimum absolute atomic E-state index is 1.12. The van der Waals surface area contributed by atoms with Crippen molar-refractivity contribution in [3.8, 4) is 111 Å². The first kappa shape index (κ1) is 50.8. The van der Waals surface area contributed by atoms with Crippen molar-refractivity contribution in [1.29, 1.82) is 0 Å². The van der Waals surface area contributed by atoms with E-state index in [0.717, 1.165) is 11.0 Å². The molecule has 0 bridgehead atoms. The Kier molecular flexibility index (Phi) is 12.3. The summed E-state index contributed by atoms with van der Waals surface area (Å²) in [6, 6.07) is 117. The first-order chi connectivity index (χ1) is 43.1. The fraction of sp³-hybridized carbons (Fsp3) is 0. The zero-order valence-electron chi connectivity index (χ0n) is 47.3. The monoisotopic (exact) mass is 1140 g/mol. The lowest BCUT2D eigenvalue weighted by molar-refractivity contribution is 1.54. The number of aromatic amines is 1. The molecule has 14 aromatic carbocycles. The normalized spacial score (nSPS) is 11.7. The van der Waals surface area contributed by atoms with Gasteiger partial charge in [0, 0.05) is 73.3 Å². The molecule has 0 fully saturated rings. The number of benzene rings is 14. The van der Waals surface area contributed by atoms with Crippen LogP contribution in [0.3, 0.4) is 0 Å². The average molecular weight is 1140 g/mol. The molecule has 0 aliphatic carbocycles. The van der Waals surface area contributed by atoms with Crippen LogP contribution in [-0.4, -0.2) is 4.98 Å². The van der Waals surface area contributed by atoms with Gasteiger partial charge in [0.25, 0.3) is 0 Å². The number of H-pyrrole nitrogens is 1. The maximum absolute atomic E-state index is 3.86. The molecule has 1 N–H and O–H groups in total. The lowest BCUT2D eigenvalue weighted by Crippen LogP contribution is -1.88. The maximum atomic E-state index is 3.86. The molecule has 17 aromatic rings. The molecule has 87 heavy (non-hydrogen) atoms. The third-order valence-electron chi connectivity index (χ3n) is 17.7. The van der Waals surface area contributed by atoms with Gasteiger partial charge < -0.3 is 4.98 Å². The molecule has 0 aliphatic heterocycles. The lowest BCUT2D eigenvalue weighted by Gasteiger charge is -2.14. The second kappa shape index (κ2) is 21.1. The van der Waals surface area contributed by atoms with Gasteiger partial charge in [-0.05, 0) is 173 Å². The smallest absolute Gasteiger partial charge is 0.0465 e. The molecule has 0 atom stereocenters. The summed E-state index contributed by atoms with van der Waals surface area (Å²) in [5.74, 6) is 0. The van der Waals surface area contributed by atoms with Crippen LogP contribution in [0.4, 0.5) is 0 Å². The van der Waals surface area contributed by atoms with E-state index in [1.807, 2.05) is 22.7 Å². The number of rotatable bonds is 10. The number of aromatic nitrogens is 1. The van der Waals surface area contributed by atoms with Gasteiger partial charge in [-0.25, -0.2) is 0 Å². The Bertz CT molecular complexity index is 5150. The number of thiophene rings is 2. The van der Waals surface area contributed by atoms with Gasteiger partial charge >= 0.3 is 0 Å². The highest BCUT2D eigenvalue weighted by molar-refractivity contribution is 7.26. The molecule has 1 nitrogen and oxygen atoms in total. The third kappa shape index (κ3) is 8.90. The SMILES string of the molecule is c1ccc(-c2ccccc2-c2ccc3sc4c(-c5ccc6[nH]c7ccc(-c8cc(-c9ccccc9-c9ccccc9)cc9c8sc8ccc(-c%10ccccc%10-c%10ccccc%10)cc89)cc7c6c5)cc(-c5ccccc5-c5ccccc5)cc4c3c2)cc1. The summed E-state index contributed by atoms with van der Waals surface area (Å²) in [7, 11) is 0. The van der Waals surface area contributed by atoms with E-state index in [9.17, 15) is 0 Å². The van der Waals surface area contributed by atoms with Crippen molar-refractivity contribution in [3.05, 3.63) is 315 Å². The zero-order chi connectivity index (χ0) is 57.4. The third-order valence-corrected chi connectivity index (χ3v) is 20.1. The van der Waals surface area contributed by atoms with Crippen LogP contribution < -0.4 is 0 Å². The van der Waals surface area contributed by atoms with Gasteiger partial charge in [0.1, 0.15) is 0 Å². The summed E-state index contributed by atoms with van der Waals surface area (Å²) in [5.41, 5.74) is 26.5. The Morgan fingerprint density at radius 2 is 0.425 bits per heavy atom. The molecule has 3 heterocycles. The molecule has 0 saturated heterocycles. The standard InChI is InChI=1S/C84H53NS2/c1-5-21-53(22-6-1)63-29-13-17-33-67(63)57-39-43-81-75(47-57)77-51-61(69-35-19-15-31-65(69)55-25-9-3-10-26-55)49-71(83(77)86-81)59-37-41-79-73(45-59)74-46-60(38-42-80(74)85-79)72-50-62(70-36-20-16-32-66(70)56-27-11-4-12-28-56)52-78-76-48-58(40-44-82(76)87-84(72)78)68-34-18-14-30-64(68)54-23-7-2-8-24-54/h1-52,85H. The van der Waals surface area contributed by atoms with Crippen LogP contribution in [-0.2, 0) is 0 Å². The van der Waals surface area contributed by atoms with E-state index >= 15 is 0 Å². The molecule has 0 aliphatic rings. The molecule has 0 radical (unpaired) electrons. The van der Waals surface area contributed by atoms with Crippen LogP contribution in [0.15, 0.2) is 315 Å². The van der Waals surface area contributed by atoms with Crippen LogP contribution in [0.5, 0.6) is 0 Å². The molecule has 3 aromatic heterocycles. The molecular weight excluding hydrogens is 1090 g/mol. The Labute approximate surface area is 513 Å². The van der Waals surface area contributed by atoms with Crippen molar-refractivity contribution < 1.29 is 0 Å². The van der Waals surface area contributed by atoms with E-state index in [1.54, 1.807) is 0 Å². The highest BCUT2D eigenvalue weighted by Gasteiger charge is 2.21. The van der Waals surface area contributed by atoms with Crippen LogP contribution in [0.25, 0.3) is 173 Å². The molecule has 0 unspecified atom stereocenters. The van der Waals surface area contributed by atoms with Gasteiger partial charge in [0.15, 0.2) is 0 Å². The molecule has 3 heteroatoms. The van der Waals surface area contributed by atoms with Gasteiger partial charge in [-0.3, -0.25) is 0 Å². The fourth-order valence-corrected chi connectivity index (χ4v) is 15.9. The number of hydrogen-bond acceptors (Lipinski definition) is 2. The van der Waals surface area contributed by atoms with Gasteiger partial charge in [-0.2, -0.15) is 0 Å². The number of nitrogens with one attached hydrogen (secondary N) is 1. The van der Waals surface area contributed by atoms with Gasteiger partial charge in [-0.15, -0.1) is 22.7 Å². The summed E-state index contributed by atoms with van der Waals surface area (Å²) >= 11 is 3.79. The highest BCUT2D eigenvalue weighted by atomic mass is 32.1. The topological polar surface area (TPSA) is 15.8 Å². The van der Waals surface area contributed by atoms with Gasteiger partial charge in [0.05, 0.1) is 0 Å². The van der Waals surface area contributed by atoms with E-state index in [0.29, 0.717) is 0 Å². The summed E-state index contributed by atoms with van der Waals surface area (Å²) in [6.07, 6.45) is 0. The van der Waals surface area contributed by atoms with Crippen molar-refractivity contribution in [3.63, 3.8) is 0 Å². The Hall–Kier alpha value is -10.7. The minimum Gasteiger partial charge on any atom is -0.355 e. The van der Waals surface area contributed by atoms with Crippen molar-refractivity contribution in [2.24, 2.45) is 0 Å². The molecule has 406 valence electrons. The summed E-state index contributed by atoms with van der Waals surface area (Å²) in [5, 5.41) is 7.46. The first-order valence-electron chi connectivity index (χ1n) is 29.8. The van der Waals surface area contributed by atoms with Gasteiger partial charge in [0.2, 0.25) is 0 Å². The maximum Gasteiger partial charge on any atom is 0.0465 e. The van der Waals surface area contributed by atoms with Crippen LogP contribution in [0.2, 0.25) is 0 Å². The predicted molar refractivity (Wildman–Crippen MR) is 376 cm³/mol. The minimum atomic E-state index is 1.12. The largest absolute Gasteiger partial charge is 0.355 e. The first-order valence-corrected chi connectivity index (χ1v) is 31.4. The van der Waals surface area contributed by atoms with Crippen LogP contribution in [0, 0.1) is 0 Å². The van der Waals surface area contributed by atoms with E-state index in [4.69, 9.17) is 0 Å². The Morgan fingerprint density at radius 3 is 0.759 bits per heavy atom. The van der Waals surface area contributed by atoms with E-state index in [2.05, 4.69) is 320 Å². The zero-order valence-corrected chi connectivity index (χ0v) is 49.0. The highest BCUT2D eigenvalue weighted by Crippen LogP contribution is 2.49. The molecule has 0 amide bonds. The number of hydrogen-bond donors (Lipinski definition) is 1. The second-order valence-corrected chi connectivity index (χ2v) is 24.8. The second-order valence-electron chi connectivity index (χ2n) is 22.7. The lowest BCUT2D eigenvalue weighted by atomic mass is 9.90. The van der Waals surface area contributed by atoms with Crippen LogP contribution in [0.1, 0.15) is 0 Å².